The van der Waals surface area contributed by atoms with Gasteiger partial charge in [-0.15, -0.1) is 0 Å². The Morgan fingerprint density at radius 2 is 2.13 bits per heavy atom. The van der Waals surface area contributed by atoms with Crippen LogP contribution in [0.3, 0.4) is 0 Å². The standard InChI is InChI=1S/C14H21N/c1-2-14(12-7-4-3-5-8-12)13-9-6-10-15-11-13/h6,9-12,14H,2-5,7-8H2,1H3. The number of pyridine rings is 1. The van der Waals surface area contributed by atoms with Gasteiger partial charge in [-0.1, -0.05) is 32.3 Å². The minimum atomic E-state index is 0.749. The van der Waals surface area contributed by atoms with Gasteiger partial charge in [0.2, 0.25) is 0 Å². The first-order valence-corrected chi connectivity index (χ1v) is 6.31. The molecule has 1 atom stereocenters. The van der Waals surface area contributed by atoms with E-state index >= 15 is 0 Å². The molecule has 0 radical (unpaired) electrons. The molecule has 15 heavy (non-hydrogen) atoms. The second kappa shape index (κ2) is 5.29. The molecule has 2 rings (SSSR count). The summed E-state index contributed by atoms with van der Waals surface area (Å²) in [4.78, 5) is 4.25. The third kappa shape index (κ3) is 2.58. The highest BCUT2D eigenvalue weighted by molar-refractivity contribution is 5.15. The molecule has 0 amide bonds. The first-order chi connectivity index (χ1) is 7.42. The lowest BCUT2D eigenvalue weighted by Gasteiger charge is -2.29. The Balaban J connectivity index is 2.09. The summed E-state index contributed by atoms with van der Waals surface area (Å²) in [7, 11) is 0. The molecule has 0 N–H and O–H groups in total. The maximum atomic E-state index is 4.25. The molecule has 0 bridgehead atoms. The van der Waals surface area contributed by atoms with E-state index in [4.69, 9.17) is 0 Å². The molecule has 0 aromatic carbocycles. The van der Waals surface area contributed by atoms with Crippen LogP contribution in [0.25, 0.3) is 0 Å². The minimum absolute atomic E-state index is 0.749. The molecular formula is C14H21N. The second-order valence-electron chi connectivity index (χ2n) is 4.70. The van der Waals surface area contributed by atoms with Gasteiger partial charge < -0.3 is 0 Å². The van der Waals surface area contributed by atoms with Crippen LogP contribution in [0.2, 0.25) is 0 Å². The highest BCUT2D eigenvalue weighted by atomic mass is 14.6. The van der Waals surface area contributed by atoms with Crippen LogP contribution >= 0.6 is 0 Å². The summed E-state index contributed by atoms with van der Waals surface area (Å²) in [6.07, 6.45) is 12.3. The molecule has 1 aromatic rings. The Morgan fingerprint density at radius 1 is 1.33 bits per heavy atom. The van der Waals surface area contributed by atoms with Crippen LogP contribution in [0.4, 0.5) is 0 Å². The van der Waals surface area contributed by atoms with E-state index in [1.165, 1.54) is 44.1 Å². The van der Waals surface area contributed by atoms with Crippen molar-refractivity contribution in [3.8, 4) is 0 Å². The van der Waals surface area contributed by atoms with Gasteiger partial charge >= 0.3 is 0 Å². The number of aromatic nitrogens is 1. The van der Waals surface area contributed by atoms with Crippen molar-refractivity contribution in [3.05, 3.63) is 30.1 Å². The lowest BCUT2D eigenvalue weighted by Crippen LogP contribution is -2.15. The van der Waals surface area contributed by atoms with Gasteiger partial charge in [-0.2, -0.15) is 0 Å². The third-order valence-corrected chi connectivity index (χ3v) is 3.77. The Kier molecular flexibility index (Phi) is 3.76. The summed E-state index contributed by atoms with van der Waals surface area (Å²) in [5, 5.41) is 0. The molecule has 1 heteroatoms. The van der Waals surface area contributed by atoms with Crippen LogP contribution in [-0.2, 0) is 0 Å². The molecule has 1 aliphatic rings. The zero-order valence-corrected chi connectivity index (χ0v) is 9.65. The zero-order valence-electron chi connectivity index (χ0n) is 9.65. The maximum Gasteiger partial charge on any atom is 0.0302 e. The Morgan fingerprint density at radius 3 is 2.73 bits per heavy atom. The number of hydrogen-bond donors (Lipinski definition) is 0. The Labute approximate surface area is 92.9 Å². The van der Waals surface area contributed by atoms with E-state index in [2.05, 4.69) is 30.2 Å². The van der Waals surface area contributed by atoms with Gasteiger partial charge in [0.05, 0.1) is 0 Å². The summed E-state index contributed by atoms with van der Waals surface area (Å²) in [5.41, 5.74) is 1.45. The lowest BCUT2D eigenvalue weighted by molar-refractivity contribution is 0.299. The van der Waals surface area contributed by atoms with E-state index < -0.39 is 0 Å². The zero-order chi connectivity index (χ0) is 10.5. The third-order valence-electron chi connectivity index (χ3n) is 3.77. The van der Waals surface area contributed by atoms with Crippen LogP contribution in [0.15, 0.2) is 24.5 Å². The van der Waals surface area contributed by atoms with Crippen LogP contribution in [0, 0.1) is 5.92 Å². The van der Waals surface area contributed by atoms with Crippen LogP contribution in [-0.4, -0.2) is 4.98 Å². The summed E-state index contributed by atoms with van der Waals surface area (Å²) in [6, 6.07) is 4.32. The molecule has 1 fully saturated rings. The van der Waals surface area contributed by atoms with Crippen molar-refractivity contribution in [2.24, 2.45) is 5.92 Å². The molecular weight excluding hydrogens is 182 g/mol. The predicted molar refractivity (Wildman–Crippen MR) is 63.8 cm³/mol. The molecule has 1 unspecified atom stereocenters. The molecule has 1 aromatic heterocycles. The van der Waals surface area contributed by atoms with Gasteiger partial charge in [0.1, 0.15) is 0 Å². The first-order valence-electron chi connectivity index (χ1n) is 6.31. The second-order valence-corrected chi connectivity index (χ2v) is 4.70. The monoisotopic (exact) mass is 203 g/mol. The highest BCUT2D eigenvalue weighted by Gasteiger charge is 2.23. The van der Waals surface area contributed by atoms with Crippen molar-refractivity contribution in [1.82, 2.24) is 4.98 Å². The van der Waals surface area contributed by atoms with Gasteiger partial charge in [0.15, 0.2) is 0 Å². The van der Waals surface area contributed by atoms with Crippen molar-refractivity contribution >= 4 is 0 Å². The van der Waals surface area contributed by atoms with Crippen molar-refractivity contribution in [3.63, 3.8) is 0 Å². The van der Waals surface area contributed by atoms with Gasteiger partial charge in [-0.3, -0.25) is 4.98 Å². The van der Waals surface area contributed by atoms with E-state index in [0.717, 1.165) is 11.8 Å². The quantitative estimate of drug-likeness (QED) is 0.719. The molecule has 0 spiro atoms. The van der Waals surface area contributed by atoms with E-state index in [0.29, 0.717) is 0 Å². The van der Waals surface area contributed by atoms with Crippen LogP contribution in [0.1, 0.15) is 56.9 Å². The SMILES string of the molecule is CCC(c1cccnc1)C1CCCCC1. The summed E-state index contributed by atoms with van der Waals surface area (Å²) >= 11 is 0. The number of rotatable bonds is 3. The largest absolute Gasteiger partial charge is 0.264 e. The molecule has 82 valence electrons. The van der Waals surface area contributed by atoms with Crippen molar-refractivity contribution in [2.75, 3.05) is 0 Å². The van der Waals surface area contributed by atoms with E-state index in [1.807, 2.05) is 6.20 Å². The van der Waals surface area contributed by atoms with Crippen molar-refractivity contribution in [1.29, 1.82) is 0 Å². The fraction of sp³-hybridized carbons (Fsp3) is 0.643. The van der Waals surface area contributed by atoms with Gasteiger partial charge in [0, 0.05) is 12.4 Å². The van der Waals surface area contributed by atoms with Crippen molar-refractivity contribution < 1.29 is 0 Å². The van der Waals surface area contributed by atoms with Gasteiger partial charge in [0.25, 0.3) is 0 Å². The van der Waals surface area contributed by atoms with Crippen LogP contribution < -0.4 is 0 Å². The summed E-state index contributed by atoms with van der Waals surface area (Å²) in [5.74, 6) is 1.66. The topological polar surface area (TPSA) is 12.9 Å². The van der Waals surface area contributed by atoms with E-state index in [-0.39, 0.29) is 0 Å². The molecule has 1 heterocycles. The normalized spacial score (nSPS) is 20.1. The van der Waals surface area contributed by atoms with Crippen molar-refractivity contribution in [2.45, 2.75) is 51.4 Å². The van der Waals surface area contributed by atoms with E-state index in [1.54, 1.807) is 0 Å². The molecule has 1 saturated carbocycles. The summed E-state index contributed by atoms with van der Waals surface area (Å²) < 4.78 is 0. The summed E-state index contributed by atoms with van der Waals surface area (Å²) in [6.45, 7) is 2.31. The fourth-order valence-corrected chi connectivity index (χ4v) is 2.97. The Hall–Kier alpha value is -0.850. The molecule has 0 aliphatic heterocycles. The molecule has 0 saturated heterocycles. The number of hydrogen-bond acceptors (Lipinski definition) is 1. The first kappa shape index (κ1) is 10.7. The fourth-order valence-electron chi connectivity index (χ4n) is 2.97. The average Bonchev–Trinajstić information content (AvgIpc) is 2.33. The number of nitrogens with zero attached hydrogens (tertiary/aromatic N) is 1. The van der Waals surface area contributed by atoms with Gasteiger partial charge in [-0.05, 0) is 42.7 Å². The van der Waals surface area contributed by atoms with Gasteiger partial charge in [-0.25, -0.2) is 0 Å². The van der Waals surface area contributed by atoms with E-state index in [9.17, 15) is 0 Å². The minimum Gasteiger partial charge on any atom is -0.264 e. The smallest absolute Gasteiger partial charge is 0.0302 e. The average molecular weight is 203 g/mol. The lowest BCUT2D eigenvalue weighted by atomic mass is 9.76. The highest BCUT2D eigenvalue weighted by Crippen LogP contribution is 2.37. The Bertz CT molecular complexity index is 275. The predicted octanol–water partition coefficient (Wildman–Crippen LogP) is 4.16. The maximum absolute atomic E-state index is 4.25. The molecule has 1 aliphatic carbocycles. The van der Waals surface area contributed by atoms with Crippen LogP contribution in [0.5, 0.6) is 0 Å². The molecule has 1 nitrogen and oxygen atoms in total.